The van der Waals surface area contributed by atoms with Crippen LogP contribution >= 0.6 is 0 Å². The van der Waals surface area contributed by atoms with E-state index in [1.54, 1.807) is 0 Å². The molecule has 3 heteroatoms. The molecular weight excluding hydrogens is 128 g/mol. The van der Waals surface area contributed by atoms with Gasteiger partial charge < -0.3 is 14.5 Å². The molecule has 0 unspecified atom stereocenters. The Labute approximate surface area is 60.4 Å². The summed E-state index contributed by atoms with van der Waals surface area (Å²) in [6, 6.07) is 2.77. The Morgan fingerprint density at radius 2 is 2.60 bits per heavy atom. The number of ether oxygens (including phenoxy) is 1. The molecule has 0 atom stereocenters. The van der Waals surface area contributed by atoms with Crippen molar-refractivity contribution in [3.8, 4) is 12.2 Å². The molecule has 0 bridgehead atoms. The highest BCUT2D eigenvalue weighted by Gasteiger charge is 2.03. The molecular formula is C7H8N2O. The monoisotopic (exact) mass is 136 g/mol. The van der Waals surface area contributed by atoms with Crippen LogP contribution in [0.15, 0.2) is 0 Å². The average molecular weight is 136 g/mol. The maximum atomic E-state index is 6.54. The van der Waals surface area contributed by atoms with E-state index in [-0.39, 0.29) is 0 Å². The maximum absolute atomic E-state index is 6.54. The summed E-state index contributed by atoms with van der Waals surface area (Å²) < 4.78 is 4.80. The summed E-state index contributed by atoms with van der Waals surface area (Å²) in [7, 11) is 0. The lowest BCUT2D eigenvalue weighted by molar-refractivity contribution is 0.213. The van der Waals surface area contributed by atoms with E-state index in [1.165, 1.54) is 0 Å². The predicted octanol–water partition coefficient (Wildman–Crippen LogP) is 0.156. The number of rotatable bonds is 2. The predicted molar refractivity (Wildman–Crippen MR) is 36.8 cm³/mol. The van der Waals surface area contributed by atoms with Gasteiger partial charge in [0.05, 0.1) is 19.1 Å². The highest BCUT2D eigenvalue weighted by molar-refractivity contribution is 4.95. The van der Waals surface area contributed by atoms with Crippen molar-refractivity contribution >= 4 is 0 Å². The van der Waals surface area contributed by atoms with E-state index in [4.69, 9.17) is 11.3 Å². The second kappa shape index (κ2) is 3.63. The van der Waals surface area contributed by atoms with Gasteiger partial charge in [-0.15, -0.1) is 0 Å². The molecule has 0 radical (unpaired) electrons. The molecule has 1 aliphatic heterocycles. The van der Waals surface area contributed by atoms with Crippen LogP contribution in [0.3, 0.4) is 0 Å². The highest BCUT2D eigenvalue weighted by Crippen LogP contribution is 1.90. The number of nitrogens with zero attached hydrogens (tertiary/aromatic N) is 2. The number of hydrogen-bond donors (Lipinski definition) is 0. The van der Waals surface area contributed by atoms with Gasteiger partial charge in [-0.3, -0.25) is 0 Å². The zero-order valence-corrected chi connectivity index (χ0v) is 5.63. The molecule has 0 amide bonds. The fourth-order valence-electron chi connectivity index (χ4n) is 0.698. The van der Waals surface area contributed by atoms with Crippen molar-refractivity contribution in [3.05, 3.63) is 11.4 Å². The second-order valence-electron chi connectivity index (χ2n) is 1.93. The van der Waals surface area contributed by atoms with Crippen molar-refractivity contribution in [2.24, 2.45) is 0 Å². The van der Waals surface area contributed by atoms with Crippen LogP contribution in [-0.2, 0) is 4.74 Å². The first-order valence-corrected chi connectivity index (χ1v) is 3.14. The molecule has 0 aromatic heterocycles. The van der Waals surface area contributed by atoms with Gasteiger partial charge in [-0.25, -0.2) is 6.57 Å². The molecule has 0 N–H and O–H groups in total. The van der Waals surface area contributed by atoms with Crippen molar-refractivity contribution in [1.29, 1.82) is 0 Å². The molecule has 0 fully saturated rings. The Bertz CT molecular complexity index is 196. The highest BCUT2D eigenvalue weighted by atomic mass is 16.5. The van der Waals surface area contributed by atoms with E-state index in [1.807, 2.05) is 4.90 Å². The minimum atomic E-state index is 0.522. The largest absolute Gasteiger partial charge is 0.443 e. The van der Waals surface area contributed by atoms with Crippen molar-refractivity contribution in [2.75, 3.05) is 26.2 Å². The van der Waals surface area contributed by atoms with Gasteiger partial charge in [-0.2, -0.15) is 0 Å². The van der Waals surface area contributed by atoms with Crippen LogP contribution in [-0.4, -0.2) is 31.1 Å². The van der Waals surface area contributed by atoms with E-state index in [0.717, 1.165) is 13.1 Å². The molecule has 0 saturated carbocycles. The molecule has 52 valence electrons. The summed E-state index contributed by atoms with van der Waals surface area (Å²) in [4.78, 5) is 5.13. The van der Waals surface area contributed by atoms with Gasteiger partial charge in [0.1, 0.15) is 12.7 Å². The van der Waals surface area contributed by atoms with Gasteiger partial charge in [0.2, 0.25) is 6.54 Å². The van der Waals surface area contributed by atoms with Gasteiger partial charge in [0, 0.05) is 0 Å². The average Bonchev–Trinajstić information content (AvgIpc) is 2.03. The normalized spacial score (nSPS) is 14.5. The molecule has 1 rings (SSSR count). The first kappa shape index (κ1) is 6.77. The topological polar surface area (TPSA) is 16.8 Å². The molecule has 0 saturated heterocycles. The van der Waals surface area contributed by atoms with Crippen LogP contribution in [0.2, 0.25) is 0 Å². The fraction of sp³-hybridized carbons (Fsp3) is 0.571. The van der Waals surface area contributed by atoms with Crippen LogP contribution < -0.4 is 0 Å². The van der Waals surface area contributed by atoms with Gasteiger partial charge in [0.15, 0.2) is 0 Å². The summed E-state index contributed by atoms with van der Waals surface area (Å²) in [6.07, 6.45) is 2.52. The third kappa shape index (κ3) is 1.87. The van der Waals surface area contributed by atoms with Crippen LogP contribution in [0, 0.1) is 18.7 Å². The van der Waals surface area contributed by atoms with Crippen molar-refractivity contribution < 1.29 is 4.74 Å². The van der Waals surface area contributed by atoms with E-state index < -0.39 is 0 Å². The summed E-state index contributed by atoms with van der Waals surface area (Å²) in [5, 5.41) is 0. The maximum Gasteiger partial charge on any atom is 0.232 e. The van der Waals surface area contributed by atoms with Crippen LogP contribution in [0.25, 0.3) is 4.85 Å². The molecule has 0 aromatic rings. The Morgan fingerprint density at radius 3 is 3.20 bits per heavy atom. The lowest BCUT2D eigenvalue weighted by Gasteiger charge is -2.15. The van der Waals surface area contributed by atoms with Gasteiger partial charge in [-0.05, 0) is 0 Å². The van der Waals surface area contributed by atoms with Crippen molar-refractivity contribution in [2.45, 2.75) is 0 Å². The molecule has 0 aromatic carbocycles. The second-order valence-corrected chi connectivity index (χ2v) is 1.93. The third-order valence-electron chi connectivity index (χ3n) is 1.22. The van der Waals surface area contributed by atoms with E-state index >= 15 is 0 Å². The van der Waals surface area contributed by atoms with E-state index in [2.05, 4.69) is 17.0 Å². The lowest BCUT2D eigenvalue weighted by atomic mass is 10.5. The fourth-order valence-corrected chi connectivity index (χ4v) is 0.698. The first-order valence-electron chi connectivity index (χ1n) is 3.14. The molecule has 3 nitrogen and oxygen atoms in total. The SMILES string of the molecule is [C-]#[N+]CCN1C#COCC1. The summed E-state index contributed by atoms with van der Waals surface area (Å²) in [6.45, 7) is 9.28. The zero-order chi connectivity index (χ0) is 7.23. The zero-order valence-electron chi connectivity index (χ0n) is 5.63. The van der Waals surface area contributed by atoms with Crippen LogP contribution in [0.1, 0.15) is 0 Å². The molecule has 10 heavy (non-hydrogen) atoms. The van der Waals surface area contributed by atoms with Gasteiger partial charge in [0.25, 0.3) is 0 Å². The quantitative estimate of drug-likeness (QED) is 0.397. The summed E-state index contributed by atoms with van der Waals surface area (Å²) in [5.41, 5.74) is 0. The Balaban J connectivity index is 2.26. The Morgan fingerprint density at radius 1 is 1.70 bits per heavy atom. The first-order chi connectivity index (χ1) is 4.93. The smallest absolute Gasteiger partial charge is 0.232 e. The summed E-state index contributed by atoms with van der Waals surface area (Å²) in [5.74, 6) is 0. The summed E-state index contributed by atoms with van der Waals surface area (Å²) >= 11 is 0. The van der Waals surface area contributed by atoms with Crippen LogP contribution in [0.4, 0.5) is 0 Å². The van der Waals surface area contributed by atoms with Gasteiger partial charge >= 0.3 is 0 Å². The van der Waals surface area contributed by atoms with Crippen molar-refractivity contribution in [3.63, 3.8) is 0 Å². The van der Waals surface area contributed by atoms with Crippen LogP contribution in [0.5, 0.6) is 0 Å². The minimum Gasteiger partial charge on any atom is -0.443 e. The molecule has 0 aliphatic carbocycles. The lowest BCUT2D eigenvalue weighted by Crippen LogP contribution is -2.27. The number of hydrogen-bond acceptors (Lipinski definition) is 2. The van der Waals surface area contributed by atoms with Crippen molar-refractivity contribution in [1.82, 2.24) is 4.90 Å². The van der Waals surface area contributed by atoms with Gasteiger partial charge in [-0.1, -0.05) is 0 Å². The molecule has 1 heterocycles. The Hall–Kier alpha value is -1.35. The van der Waals surface area contributed by atoms with E-state index in [9.17, 15) is 0 Å². The minimum absolute atomic E-state index is 0.522. The third-order valence-corrected chi connectivity index (χ3v) is 1.22. The standard InChI is InChI=1S/C7H8N2O/c1-8-2-3-9-4-6-10-7-5-9/h2-4,6H2. The van der Waals surface area contributed by atoms with E-state index in [0.29, 0.717) is 13.2 Å². The molecule has 1 aliphatic rings. The molecule has 0 spiro atoms. The Kier molecular flexibility index (Phi) is 2.46.